The van der Waals surface area contributed by atoms with Crippen molar-refractivity contribution in [1.82, 2.24) is 5.32 Å². The zero-order chi connectivity index (χ0) is 12.5. The van der Waals surface area contributed by atoms with Crippen LogP contribution in [0.4, 0.5) is 0 Å². The maximum Gasteiger partial charge on any atom is 0.224 e. The van der Waals surface area contributed by atoms with Gasteiger partial charge in [0, 0.05) is 12.6 Å². The summed E-state index contributed by atoms with van der Waals surface area (Å²) in [6, 6.07) is 0.397. The topological polar surface area (TPSA) is 55.1 Å². The molecule has 3 N–H and O–H groups in total. The number of hydrogen-bond donors (Lipinski definition) is 2. The molecule has 0 radical (unpaired) electrons. The number of amides is 1. The number of carbonyl (C=O) groups is 1. The van der Waals surface area contributed by atoms with Crippen LogP contribution < -0.4 is 11.1 Å². The van der Waals surface area contributed by atoms with Crippen molar-refractivity contribution in [3.63, 3.8) is 0 Å². The summed E-state index contributed by atoms with van der Waals surface area (Å²) < 4.78 is 0. The first-order valence-electron chi connectivity index (χ1n) is 7.28. The van der Waals surface area contributed by atoms with Gasteiger partial charge in [-0.05, 0) is 19.3 Å². The second-order valence-electron chi connectivity index (χ2n) is 5.27. The van der Waals surface area contributed by atoms with E-state index in [0.717, 1.165) is 25.7 Å². The van der Waals surface area contributed by atoms with Crippen molar-refractivity contribution in [1.29, 1.82) is 0 Å². The van der Waals surface area contributed by atoms with E-state index in [1.165, 1.54) is 32.1 Å². The Morgan fingerprint density at radius 2 is 1.82 bits per heavy atom. The van der Waals surface area contributed by atoms with E-state index in [9.17, 15) is 4.79 Å². The van der Waals surface area contributed by atoms with Gasteiger partial charge in [0.05, 0.1) is 5.92 Å². The van der Waals surface area contributed by atoms with Gasteiger partial charge in [-0.1, -0.05) is 45.4 Å². The third-order valence-electron chi connectivity index (χ3n) is 3.74. The predicted octanol–water partition coefficient (Wildman–Crippen LogP) is 2.59. The molecule has 0 heterocycles. The molecule has 1 aliphatic rings. The fraction of sp³-hybridized carbons (Fsp3) is 0.929. The highest BCUT2D eigenvalue weighted by Crippen LogP contribution is 2.17. The summed E-state index contributed by atoms with van der Waals surface area (Å²) in [6.45, 7) is 2.58. The van der Waals surface area contributed by atoms with E-state index in [1.807, 2.05) is 0 Å². The SMILES string of the molecule is CCCC(CN)C(=O)NC1CCCCCCC1. The first kappa shape index (κ1) is 14.5. The largest absolute Gasteiger partial charge is 0.353 e. The van der Waals surface area contributed by atoms with Crippen molar-refractivity contribution in [3.8, 4) is 0 Å². The maximum atomic E-state index is 12.0. The molecule has 1 amide bonds. The van der Waals surface area contributed by atoms with Crippen LogP contribution in [0.15, 0.2) is 0 Å². The number of hydrogen-bond acceptors (Lipinski definition) is 2. The number of carbonyl (C=O) groups excluding carboxylic acids is 1. The van der Waals surface area contributed by atoms with Crippen LogP contribution in [0.3, 0.4) is 0 Å². The Labute approximate surface area is 106 Å². The summed E-state index contributed by atoms with van der Waals surface area (Å²) in [5.41, 5.74) is 5.66. The van der Waals surface area contributed by atoms with Gasteiger partial charge in [0.15, 0.2) is 0 Å². The van der Waals surface area contributed by atoms with Crippen LogP contribution in [0, 0.1) is 5.92 Å². The zero-order valence-corrected chi connectivity index (χ0v) is 11.2. The molecule has 0 aromatic carbocycles. The molecule has 100 valence electrons. The van der Waals surface area contributed by atoms with Crippen LogP contribution in [0.1, 0.15) is 64.7 Å². The van der Waals surface area contributed by atoms with E-state index in [4.69, 9.17) is 5.73 Å². The van der Waals surface area contributed by atoms with Crippen molar-refractivity contribution < 1.29 is 4.79 Å². The molecule has 1 atom stereocenters. The van der Waals surface area contributed by atoms with Crippen LogP contribution in [0.25, 0.3) is 0 Å². The second kappa shape index (κ2) is 8.51. The van der Waals surface area contributed by atoms with Crippen molar-refractivity contribution in [2.45, 2.75) is 70.8 Å². The smallest absolute Gasteiger partial charge is 0.224 e. The molecule has 0 aliphatic heterocycles. The van der Waals surface area contributed by atoms with Gasteiger partial charge in [-0.15, -0.1) is 0 Å². The Morgan fingerprint density at radius 1 is 1.24 bits per heavy atom. The van der Waals surface area contributed by atoms with Gasteiger partial charge < -0.3 is 11.1 Å². The molecule has 0 saturated heterocycles. The first-order valence-corrected chi connectivity index (χ1v) is 7.28. The molecule has 0 aromatic rings. The van der Waals surface area contributed by atoms with E-state index in [2.05, 4.69) is 12.2 Å². The van der Waals surface area contributed by atoms with Gasteiger partial charge in [-0.3, -0.25) is 4.79 Å². The predicted molar refractivity (Wildman–Crippen MR) is 71.7 cm³/mol. The maximum absolute atomic E-state index is 12.0. The fourth-order valence-electron chi connectivity index (χ4n) is 2.62. The van der Waals surface area contributed by atoms with E-state index >= 15 is 0 Å². The van der Waals surface area contributed by atoms with Crippen LogP contribution in [0.5, 0.6) is 0 Å². The minimum Gasteiger partial charge on any atom is -0.353 e. The number of nitrogens with one attached hydrogen (secondary N) is 1. The van der Waals surface area contributed by atoms with E-state index < -0.39 is 0 Å². The Morgan fingerprint density at radius 3 is 2.35 bits per heavy atom. The summed E-state index contributed by atoms with van der Waals surface area (Å²) in [4.78, 5) is 12.0. The summed E-state index contributed by atoms with van der Waals surface area (Å²) in [7, 11) is 0. The Hall–Kier alpha value is -0.570. The Bertz CT molecular complexity index is 210. The minimum atomic E-state index is 0.0189. The number of rotatable bonds is 5. The second-order valence-corrected chi connectivity index (χ2v) is 5.27. The molecular weight excluding hydrogens is 212 g/mol. The molecule has 1 rings (SSSR count). The summed E-state index contributed by atoms with van der Waals surface area (Å²) in [5.74, 6) is 0.199. The molecule has 3 heteroatoms. The third kappa shape index (κ3) is 5.53. The summed E-state index contributed by atoms with van der Waals surface area (Å²) in [6.07, 6.45) is 10.8. The number of nitrogens with two attached hydrogens (primary N) is 1. The molecule has 0 aromatic heterocycles. The van der Waals surface area contributed by atoms with E-state index in [0.29, 0.717) is 12.6 Å². The van der Waals surface area contributed by atoms with Gasteiger partial charge in [0.25, 0.3) is 0 Å². The summed E-state index contributed by atoms with van der Waals surface area (Å²) in [5, 5.41) is 3.20. The molecule has 3 nitrogen and oxygen atoms in total. The Balaban J connectivity index is 2.36. The average molecular weight is 240 g/mol. The molecule has 1 fully saturated rings. The normalized spacial score (nSPS) is 20.4. The lowest BCUT2D eigenvalue weighted by atomic mass is 9.95. The highest BCUT2D eigenvalue weighted by atomic mass is 16.1. The first-order chi connectivity index (χ1) is 8.27. The molecule has 0 bridgehead atoms. The Kier molecular flexibility index (Phi) is 7.25. The van der Waals surface area contributed by atoms with Gasteiger partial charge in [0.1, 0.15) is 0 Å². The van der Waals surface area contributed by atoms with Crippen LogP contribution in [-0.2, 0) is 4.79 Å². The average Bonchev–Trinajstić information content (AvgIpc) is 2.29. The minimum absolute atomic E-state index is 0.0189. The lowest BCUT2D eigenvalue weighted by molar-refractivity contribution is -0.125. The molecule has 1 unspecified atom stereocenters. The van der Waals surface area contributed by atoms with Gasteiger partial charge in [-0.2, -0.15) is 0 Å². The van der Waals surface area contributed by atoms with Crippen LogP contribution in [0.2, 0.25) is 0 Å². The lowest BCUT2D eigenvalue weighted by Crippen LogP contribution is -2.41. The van der Waals surface area contributed by atoms with E-state index in [1.54, 1.807) is 0 Å². The van der Waals surface area contributed by atoms with Crippen molar-refractivity contribution >= 4 is 5.91 Å². The van der Waals surface area contributed by atoms with Crippen molar-refractivity contribution in [3.05, 3.63) is 0 Å². The monoisotopic (exact) mass is 240 g/mol. The summed E-state index contributed by atoms with van der Waals surface area (Å²) >= 11 is 0. The van der Waals surface area contributed by atoms with Gasteiger partial charge in [-0.25, -0.2) is 0 Å². The highest BCUT2D eigenvalue weighted by molar-refractivity contribution is 5.79. The molecule has 1 aliphatic carbocycles. The van der Waals surface area contributed by atoms with E-state index in [-0.39, 0.29) is 11.8 Å². The van der Waals surface area contributed by atoms with Crippen LogP contribution >= 0.6 is 0 Å². The lowest BCUT2D eigenvalue weighted by Gasteiger charge is -2.23. The molecule has 1 saturated carbocycles. The van der Waals surface area contributed by atoms with Crippen LogP contribution in [-0.4, -0.2) is 18.5 Å². The van der Waals surface area contributed by atoms with Gasteiger partial charge >= 0.3 is 0 Å². The van der Waals surface area contributed by atoms with Gasteiger partial charge in [0.2, 0.25) is 5.91 Å². The fourth-order valence-corrected chi connectivity index (χ4v) is 2.62. The molecule has 0 spiro atoms. The standard InChI is InChI=1S/C14H28N2O/c1-2-8-12(11-15)14(17)16-13-9-6-4-3-5-7-10-13/h12-13H,2-11,15H2,1H3,(H,16,17). The quantitative estimate of drug-likeness (QED) is 0.776. The zero-order valence-electron chi connectivity index (χ0n) is 11.2. The van der Waals surface area contributed by atoms with Crippen molar-refractivity contribution in [2.24, 2.45) is 11.7 Å². The van der Waals surface area contributed by atoms with Crippen molar-refractivity contribution in [2.75, 3.05) is 6.54 Å². The third-order valence-corrected chi connectivity index (χ3v) is 3.74. The molecular formula is C14H28N2O. The molecule has 17 heavy (non-hydrogen) atoms. The highest BCUT2D eigenvalue weighted by Gasteiger charge is 2.19.